The van der Waals surface area contributed by atoms with Gasteiger partial charge in [0.1, 0.15) is 13.2 Å². The van der Waals surface area contributed by atoms with E-state index in [0.717, 1.165) is 17.0 Å². The van der Waals surface area contributed by atoms with Gasteiger partial charge in [0.15, 0.2) is 0 Å². The number of carbonyl (C=O) groups is 2. The molecular formula is C10H14N2O5S. The minimum absolute atomic E-state index is 0.0346. The van der Waals surface area contributed by atoms with Crippen molar-refractivity contribution in [2.24, 2.45) is 0 Å². The van der Waals surface area contributed by atoms with E-state index in [9.17, 15) is 14.4 Å². The number of amides is 1. The van der Waals surface area contributed by atoms with Crippen molar-refractivity contribution in [2.45, 2.75) is 13.5 Å². The van der Waals surface area contributed by atoms with Gasteiger partial charge in [0.05, 0.1) is 6.61 Å². The molecule has 1 amide bonds. The summed E-state index contributed by atoms with van der Waals surface area (Å²) in [6.07, 6.45) is 0. The first-order valence-corrected chi connectivity index (χ1v) is 6.10. The Morgan fingerprint density at radius 1 is 1.56 bits per heavy atom. The maximum Gasteiger partial charge on any atom is 0.329 e. The Balaban J connectivity index is 2.26. The van der Waals surface area contributed by atoms with Crippen LogP contribution in [0.25, 0.3) is 0 Å². The summed E-state index contributed by atoms with van der Waals surface area (Å²) in [6, 6.07) is 0. The summed E-state index contributed by atoms with van der Waals surface area (Å²) in [7, 11) is 0. The lowest BCUT2D eigenvalue weighted by atomic mass is 10.5. The van der Waals surface area contributed by atoms with Gasteiger partial charge in [0.25, 0.3) is 0 Å². The number of carboxylic acids is 1. The third-order valence-corrected chi connectivity index (χ3v) is 2.95. The molecule has 0 fully saturated rings. The lowest BCUT2D eigenvalue weighted by Gasteiger charge is -2.06. The first kappa shape index (κ1) is 14.4. The largest absolute Gasteiger partial charge is 0.480 e. The van der Waals surface area contributed by atoms with Crippen LogP contribution in [0.4, 0.5) is 0 Å². The molecule has 1 aromatic rings. The Kier molecular flexibility index (Phi) is 5.53. The smallest absolute Gasteiger partial charge is 0.329 e. The molecule has 2 N–H and O–H groups in total. The summed E-state index contributed by atoms with van der Waals surface area (Å²) in [5.41, 5.74) is 0.738. The van der Waals surface area contributed by atoms with E-state index >= 15 is 0 Å². The van der Waals surface area contributed by atoms with Gasteiger partial charge in [-0.3, -0.25) is 14.2 Å². The zero-order valence-electron chi connectivity index (χ0n) is 9.84. The molecule has 0 aromatic carbocycles. The molecule has 0 unspecified atom stereocenters. The molecule has 0 aliphatic heterocycles. The first-order valence-electron chi connectivity index (χ1n) is 5.22. The SMILES string of the molecule is Cc1csc(=O)n1CC(=O)NCCOCC(=O)O. The van der Waals surface area contributed by atoms with Gasteiger partial charge in [-0.2, -0.15) is 0 Å². The second-order valence-corrected chi connectivity index (χ2v) is 4.35. The predicted molar refractivity (Wildman–Crippen MR) is 64.8 cm³/mol. The van der Waals surface area contributed by atoms with Crippen LogP contribution in [0.2, 0.25) is 0 Å². The first-order chi connectivity index (χ1) is 8.50. The standard InChI is InChI=1S/C10H14N2O5S/c1-7-6-18-10(16)12(7)4-8(13)11-2-3-17-5-9(14)15/h6H,2-5H2,1H3,(H,11,13)(H,14,15). The van der Waals surface area contributed by atoms with E-state index in [4.69, 9.17) is 9.84 Å². The zero-order valence-corrected chi connectivity index (χ0v) is 10.7. The number of aliphatic carboxylic acids is 1. The fourth-order valence-corrected chi connectivity index (χ4v) is 1.95. The van der Waals surface area contributed by atoms with Gasteiger partial charge >= 0.3 is 10.8 Å². The average molecular weight is 274 g/mol. The van der Waals surface area contributed by atoms with Crippen LogP contribution < -0.4 is 10.2 Å². The second-order valence-electron chi connectivity index (χ2n) is 3.53. The van der Waals surface area contributed by atoms with Gasteiger partial charge in [-0.1, -0.05) is 11.3 Å². The van der Waals surface area contributed by atoms with Crippen LogP contribution in [-0.4, -0.2) is 41.3 Å². The van der Waals surface area contributed by atoms with Crippen LogP contribution in [0, 0.1) is 6.92 Å². The summed E-state index contributed by atoms with van der Waals surface area (Å²) < 4.78 is 6.12. The van der Waals surface area contributed by atoms with E-state index in [0.29, 0.717) is 0 Å². The minimum Gasteiger partial charge on any atom is -0.480 e. The minimum atomic E-state index is -1.05. The number of hydrogen-bond donors (Lipinski definition) is 2. The number of thiazole rings is 1. The van der Waals surface area contributed by atoms with Gasteiger partial charge in [0.2, 0.25) is 5.91 Å². The molecule has 0 bridgehead atoms. The zero-order chi connectivity index (χ0) is 13.5. The summed E-state index contributed by atoms with van der Waals surface area (Å²) in [5, 5.41) is 12.5. The molecule has 1 heterocycles. The third kappa shape index (κ3) is 4.68. The Bertz CT molecular complexity index is 479. The maximum absolute atomic E-state index is 11.5. The van der Waals surface area contributed by atoms with Crippen molar-refractivity contribution < 1.29 is 19.4 Å². The van der Waals surface area contributed by atoms with E-state index in [1.165, 1.54) is 4.57 Å². The molecule has 0 radical (unpaired) electrons. The van der Waals surface area contributed by atoms with Crippen LogP contribution in [0.1, 0.15) is 5.69 Å². The summed E-state index contributed by atoms with van der Waals surface area (Å²) in [6.45, 7) is 1.66. The van der Waals surface area contributed by atoms with Gasteiger partial charge in [0, 0.05) is 17.6 Å². The fourth-order valence-electron chi connectivity index (χ4n) is 1.22. The molecule has 8 heteroatoms. The number of carbonyl (C=O) groups excluding carboxylic acids is 1. The van der Waals surface area contributed by atoms with Gasteiger partial charge in [-0.15, -0.1) is 0 Å². The summed E-state index contributed by atoms with van der Waals surface area (Å²) >= 11 is 1.05. The quantitative estimate of drug-likeness (QED) is 0.649. The number of nitrogens with one attached hydrogen (secondary N) is 1. The predicted octanol–water partition coefficient (Wildman–Crippen LogP) is -0.564. The monoisotopic (exact) mass is 274 g/mol. The molecule has 100 valence electrons. The molecule has 1 aromatic heterocycles. The lowest BCUT2D eigenvalue weighted by Crippen LogP contribution is -2.33. The van der Waals surface area contributed by atoms with E-state index in [2.05, 4.69) is 5.32 Å². The Hall–Kier alpha value is -1.67. The Morgan fingerprint density at radius 2 is 2.28 bits per heavy atom. The van der Waals surface area contributed by atoms with Crippen molar-refractivity contribution in [1.82, 2.24) is 9.88 Å². The number of carboxylic acid groups (broad SMARTS) is 1. The lowest BCUT2D eigenvalue weighted by molar-refractivity contribution is -0.142. The van der Waals surface area contributed by atoms with Gasteiger partial charge in [-0.05, 0) is 6.92 Å². The highest BCUT2D eigenvalue weighted by atomic mass is 32.1. The fraction of sp³-hybridized carbons (Fsp3) is 0.500. The van der Waals surface area contributed by atoms with Crippen molar-refractivity contribution >= 4 is 23.2 Å². The van der Waals surface area contributed by atoms with E-state index in [1.807, 2.05) is 0 Å². The van der Waals surface area contributed by atoms with Gasteiger partial charge < -0.3 is 15.2 Å². The van der Waals surface area contributed by atoms with E-state index in [-0.39, 0.29) is 37.1 Å². The molecule has 0 aliphatic carbocycles. The number of ether oxygens (including phenoxy) is 1. The molecule has 1 rings (SSSR count). The number of rotatable bonds is 7. The molecule has 0 saturated heterocycles. The van der Waals surface area contributed by atoms with Crippen molar-refractivity contribution in [3.8, 4) is 0 Å². The molecule has 0 saturated carbocycles. The number of nitrogens with zero attached hydrogens (tertiary/aromatic N) is 1. The van der Waals surface area contributed by atoms with Gasteiger partial charge in [-0.25, -0.2) is 4.79 Å². The Morgan fingerprint density at radius 3 is 2.83 bits per heavy atom. The summed E-state index contributed by atoms with van der Waals surface area (Å²) in [5.74, 6) is -1.36. The van der Waals surface area contributed by atoms with Crippen LogP contribution in [0.3, 0.4) is 0 Å². The van der Waals surface area contributed by atoms with E-state index < -0.39 is 5.97 Å². The molecular weight excluding hydrogens is 260 g/mol. The topological polar surface area (TPSA) is 97.6 Å². The summed E-state index contributed by atoms with van der Waals surface area (Å²) in [4.78, 5) is 32.8. The number of hydrogen-bond acceptors (Lipinski definition) is 5. The average Bonchev–Trinajstić information content (AvgIpc) is 2.60. The third-order valence-electron chi connectivity index (χ3n) is 2.07. The highest BCUT2D eigenvalue weighted by Gasteiger charge is 2.07. The van der Waals surface area contributed by atoms with Crippen LogP contribution in [-0.2, 0) is 20.9 Å². The Labute approximate surface area is 107 Å². The van der Waals surface area contributed by atoms with Crippen LogP contribution in [0.15, 0.2) is 10.2 Å². The normalized spacial score (nSPS) is 10.3. The highest BCUT2D eigenvalue weighted by molar-refractivity contribution is 7.07. The molecule has 18 heavy (non-hydrogen) atoms. The van der Waals surface area contributed by atoms with Crippen molar-refractivity contribution in [2.75, 3.05) is 19.8 Å². The van der Waals surface area contributed by atoms with Crippen molar-refractivity contribution in [3.05, 3.63) is 20.7 Å². The second kappa shape index (κ2) is 6.92. The molecule has 0 spiro atoms. The molecule has 0 aliphatic rings. The molecule has 7 nitrogen and oxygen atoms in total. The number of aryl methyl sites for hydroxylation is 1. The molecule has 0 atom stereocenters. The number of aromatic nitrogens is 1. The maximum atomic E-state index is 11.5. The van der Waals surface area contributed by atoms with Crippen LogP contribution >= 0.6 is 11.3 Å². The van der Waals surface area contributed by atoms with Crippen LogP contribution in [0.5, 0.6) is 0 Å². The van der Waals surface area contributed by atoms with E-state index in [1.54, 1.807) is 12.3 Å². The highest BCUT2D eigenvalue weighted by Crippen LogP contribution is 1.98. The van der Waals surface area contributed by atoms with Crippen molar-refractivity contribution in [1.29, 1.82) is 0 Å². The van der Waals surface area contributed by atoms with Crippen molar-refractivity contribution in [3.63, 3.8) is 0 Å².